The molecule has 0 bridgehead atoms. The molecule has 0 atom stereocenters. The zero-order chi connectivity index (χ0) is 18.6. The number of aromatic nitrogens is 1. The lowest BCUT2D eigenvalue weighted by atomic mass is 10.1. The summed E-state index contributed by atoms with van der Waals surface area (Å²) in [5, 5.41) is 3.53. The molecule has 1 heterocycles. The van der Waals surface area contributed by atoms with Crippen LogP contribution < -0.4 is 5.32 Å². The van der Waals surface area contributed by atoms with Gasteiger partial charge in [-0.05, 0) is 24.6 Å². The lowest BCUT2D eigenvalue weighted by Crippen LogP contribution is -2.11. The fraction of sp³-hybridized carbons (Fsp3) is 0.0435. The second-order valence-corrected chi connectivity index (χ2v) is 7.25. The van der Waals surface area contributed by atoms with Crippen LogP contribution in [0.2, 0.25) is 0 Å². The number of carbonyl (C=O) groups is 1. The molecule has 0 aliphatic rings. The Bertz CT molecular complexity index is 1050. The van der Waals surface area contributed by atoms with Gasteiger partial charge in [-0.25, -0.2) is 4.98 Å². The summed E-state index contributed by atoms with van der Waals surface area (Å²) in [7, 11) is 0. The number of hydrogen-bond acceptors (Lipinski definition) is 3. The third-order valence-electron chi connectivity index (χ3n) is 4.24. The number of amides is 1. The first kappa shape index (κ1) is 17.2. The number of rotatable bonds is 4. The quantitative estimate of drug-likeness (QED) is 0.476. The van der Waals surface area contributed by atoms with Crippen LogP contribution in [0.1, 0.15) is 15.9 Å². The van der Waals surface area contributed by atoms with Crippen LogP contribution in [0.3, 0.4) is 0 Å². The van der Waals surface area contributed by atoms with E-state index in [4.69, 9.17) is 4.98 Å². The number of aryl methyl sites for hydroxylation is 1. The number of thiazole rings is 1. The van der Waals surface area contributed by atoms with E-state index < -0.39 is 0 Å². The molecule has 1 aromatic heterocycles. The first-order valence-electron chi connectivity index (χ1n) is 8.70. The van der Waals surface area contributed by atoms with Crippen LogP contribution >= 0.6 is 11.3 Å². The summed E-state index contributed by atoms with van der Waals surface area (Å²) in [6, 6.07) is 27.6. The summed E-state index contributed by atoms with van der Waals surface area (Å²) < 4.78 is 0. The lowest BCUT2D eigenvalue weighted by Gasteiger charge is -2.03. The summed E-state index contributed by atoms with van der Waals surface area (Å²) >= 11 is 1.49. The Morgan fingerprint density at radius 2 is 1.44 bits per heavy atom. The van der Waals surface area contributed by atoms with Crippen LogP contribution in [-0.4, -0.2) is 10.9 Å². The molecule has 0 saturated heterocycles. The van der Waals surface area contributed by atoms with Crippen LogP contribution in [-0.2, 0) is 0 Å². The lowest BCUT2D eigenvalue weighted by molar-refractivity contribution is 0.102. The van der Waals surface area contributed by atoms with Gasteiger partial charge in [-0.15, -0.1) is 0 Å². The van der Waals surface area contributed by atoms with Gasteiger partial charge in [0.1, 0.15) is 0 Å². The van der Waals surface area contributed by atoms with Gasteiger partial charge in [0, 0.05) is 11.1 Å². The average Bonchev–Trinajstić information content (AvgIpc) is 3.13. The monoisotopic (exact) mass is 370 g/mol. The Morgan fingerprint density at radius 3 is 2.11 bits per heavy atom. The molecule has 132 valence electrons. The van der Waals surface area contributed by atoms with Crippen molar-refractivity contribution in [1.29, 1.82) is 0 Å². The number of carbonyl (C=O) groups excluding carboxylic acids is 1. The molecular weight excluding hydrogens is 352 g/mol. The van der Waals surface area contributed by atoms with Gasteiger partial charge in [-0.3, -0.25) is 10.1 Å². The number of nitrogens with one attached hydrogen (secondary N) is 1. The standard InChI is InChI=1S/C23H18N2OS/c1-16-12-14-17(15-13-16)20-21(18-8-4-2-5-9-18)27-23(24-20)25-22(26)19-10-6-3-7-11-19/h2-15H,1H3,(H,24,25,26). The minimum atomic E-state index is -0.153. The molecule has 4 heteroatoms. The summed E-state index contributed by atoms with van der Waals surface area (Å²) in [5.41, 5.74) is 4.83. The molecule has 3 aromatic carbocycles. The molecule has 27 heavy (non-hydrogen) atoms. The Hall–Kier alpha value is -3.24. The SMILES string of the molecule is Cc1ccc(-c2nc(NC(=O)c3ccccc3)sc2-c2ccccc2)cc1. The Kier molecular flexibility index (Phi) is 4.81. The van der Waals surface area contributed by atoms with Crippen molar-refractivity contribution in [2.24, 2.45) is 0 Å². The van der Waals surface area contributed by atoms with Gasteiger partial charge < -0.3 is 0 Å². The molecule has 0 saturated carbocycles. The molecule has 0 spiro atoms. The van der Waals surface area contributed by atoms with Gasteiger partial charge in [0.15, 0.2) is 5.13 Å². The minimum absolute atomic E-state index is 0.153. The Morgan fingerprint density at radius 1 is 0.815 bits per heavy atom. The van der Waals surface area contributed by atoms with E-state index in [0.29, 0.717) is 10.7 Å². The van der Waals surface area contributed by atoms with Crippen LogP contribution in [0.25, 0.3) is 21.7 Å². The van der Waals surface area contributed by atoms with Crippen molar-refractivity contribution < 1.29 is 4.79 Å². The van der Waals surface area contributed by atoms with Crippen molar-refractivity contribution in [2.45, 2.75) is 6.92 Å². The zero-order valence-electron chi connectivity index (χ0n) is 14.8. The molecule has 1 N–H and O–H groups in total. The van der Waals surface area contributed by atoms with Crippen molar-refractivity contribution >= 4 is 22.4 Å². The highest BCUT2D eigenvalue weighted by Gasteiger charge is 2.16. The molecule has 0 aliphatic carbocycles. The predicted molar refractivity (Wildman–Crippen MR) is 112 cm³/mol. The minimum Gasteiger partial charge on any atom is -0.298 e. The highest BCUT2D eigenvalue weighted by atomic mass is 32.1. The van der Waals surface area contributed by atoms with Crippen LogP contribution in [0.15, 0.2) is 84.9 Å². The summed E-state index contributed by atoms with van der Waals surface area (Å²) in [5.74, 6) is -0.153. The van der Waals surface area contributed by atoms with Gasteiger partial charge in [0.25, 0.3) is 5.91 Å². The van der Waals surface area contributed by atoms with E-state index in [0.717, 1.165) is 21.7 Å². The molecule has 3 nitrogen and oxygen atoms in total. The van der Waals surface area contributed by atoms with Crippen LogP contribution in [0, 0.1) is 6.92 Å². The Labute approximate surface area is 162 Å². The number of nitrogens with zero attached hydrogens (tertiary/aromatic N) is 1. The van der Waals surface area contributed by atoms with Crippen molar-refractivity contribution in [3.05, 3.63) is 96.1 Å². The van der Waals surface area contributed by atoms with Crippen LogP contribution in [0.5, 0.6) is 0 Å². The van der Waals surface area contributed by atoms with E-state index in [2.05, 4.69) is 48.6 Å². The first-order chi connectivity index (χ1) is 13.2. The van der Waals surface area contributed by atoms with E-state index in [1.807, 2.05) is 36.4 Å². The smallest absolute Gasteiger partial charge is 0.257 e. The van der Waals surface area contributed by atoms with Gasteiger partial charge in [-0.2, -0.15) is 0 Å². The molecule has 4 rings (SSSR count). The largest absolute Gasteiger partial charge is 0.298 e. The summed E-state index contributed by atoms with van der Waals surface area (Å²) in [6.07, 6.45) is 0. The van der Waals surface area contributed by atoms with E-state index in [1.54, 1.807) is 12.1 Å². The van der Waals surface area contributed by atoms with Gasteiger partial charge >= 0.3 is 0 Å². The van der Waals surface area contributed by atoms with Crippen molar-refractivity contribution in [3.8, 4) is 21.7 Å². The molecule has 0 aliphatic heterocycles. The third-order valence-corrected chi connectivity index (χ3v) is 5.26. The maximum Gasteiger partial charge on any atom is 0.257 e. The molecule has 0 radical (unpaired) electrons. The average molecular weight is 370 g/mol. The molecule has 1 amide bonds. The third kappa shape index (κ3) is 3.81. The van der Waals surface area contributed by atoms with Gasteiger partial charge in [-0.1, -0.05) is 89.7 Å². The maximum absolute atomic E-state index is 12.5. The fourth-order valence-corrected chi connectivity index (χ4v) is 3.81. The molecule has 0 unspecified atom stereocenters. The molecular formula is C23H18N2OS. The van der Waals surface area contributed by atoms with Crippen molar-refractivity contribution in [1.82, 2.24) is 4.98 Å². The van der Waals surface area contributed by atoms with E-state index in [9.17, 15) is 4.79 Å². The zero-order valence-corrected chi connectivity index (χ0v) is 15.7. The number of hydrogen-bond donors (Lipinski definition) is 1. The molecule has 4 aromatic rings. The first-order valence-corrected chi connectivity index (χ1v) is 9.52. The van der Waals surface area contributed by atoms with E-state index >= 15 is 0 Å². The summed E-state index contributed by atoms with van der Waals surface area (Å²) in [4.78, 5) is 18.3. The second-order valence-electron chi connectivity index (χ2n) is 6.25. The Balaban J connectivity index is 1.74. The maximum atomic E-state index is 12.5. The van der Waals surface area contributed by atoms with Gasteiger partial charge in [0.05, 0.1) is 10.6 Å². The highest BCUT2D eigenvalue weighted by molar-refractivity contribution is 7.19. The molecule has 0 fully saturated rings. The highest BCUT2D eigenvalue weighted by Crippen LogP contribution is 2.39. The summed E-state index contributed by atoms with van der Waals surface area (Å²) in [6.45, 7) is 2.06. The van der Waals surface area contributed by atoms with Gasteiger partial charge in [0.2, 0.25) is 0 Å². The fourth-order valence-electron chi connectivity index (χ4n) is 2.82. The van der Waals surface area contributed by atoms with Crippen LogP contribution in [0.4, 0.5) is 5.13 Å². The topological polar surface area (TPSA) is 42.0 Å². The normalized spacial score (nSPS) is 10.6. The number of anilines is 1. The van der Waals surface area contributed by atoms with E-state index in [1.165, 1.54) is 16.9 Å². The number of benzene rings is 3. The van der Waals surface area contributed by atoms with Crippen molar-refractivity contribution in [3.63, 3.8) is 0 Å². The van der Waals surface area contributed by atoms with E-state index in [-0.39, 0.29) is 5.91 Å². The predicted octanol–water partition coefficient (Wildman–Crippen LogP) is 6.04. The van der Waals surface area contributed by atoms with Crippen molar-refractivity contribution in [2.75, 3.05) is 5.32 Å². The second kappa shape index (κ2) is 7.56.